The van der Waals surface area contributed by atoms with E-state index in [1.54, 1.807) is 0 Å². The normalized spacial score (nSPS) is 12.6. The molecule has 0 aliphatic rings. The van der Waals surface area contributed by atoms with Crippen LogP contribution in [0, 0.1) is 0 Å². The van der Waals surface area contributed by atoms with Crippen molar-refractivity contribution in [3.8, 4) is 0 Å². The average Bonchev–Trinajstić information content (AvgIpc) is 2.48. The molecule has 6 nitrogen and oxygen atoms in total. The fourth-order valence-electron chi connectivity index (χ4n) is 2.61. The van der Waals surface area contributed by atoms with Gasteiger partial charge in [-0.3, -0.25) is 9.11 Å². The van der Waals surface area contributed by atoms with Crippen molar-refractivity contribution < 1.29 is 25.9 Å². The molecule has 0 heterocycles. The first-order valence-electron chi connectivity index (χ1n) is 9.32. The minimum Gasteiger partial charge on any atom is -0.286 e. The Morgan fingerprint density at radius 1 is 0.480 bits per heavy atom. The average molecular weight is 419 g/mol. The Hall–Kier alpha value is 0.250. The second kappa shape index (κ2) is 15.3. The molecule has 0 rings (SSSR count). The molecule has 0 saturated carbocycles. The van der Waals surface area contributed by atoms with Crippen molar-refractivity contribution in [2.45, 2.75) is 77.0 Å². The van der Waals surface area contributed by atoms with E-state index in [0.29, 0.717) is 12.8 Å². The summed E-state index contributed by atoms with van der Waals surface area (Å²) in [6, 6.07) is 0. The lowest BCUT2D eigenvalue weighted by Crippen LogP contribution is -2.03. The Bertz CT molecular complexity index is 459. The summed E-state index contributed by atoms with van der Waals surface area (Å²) in [5.74, 6) is -0.232. The maximum atomic E-state index is 10.5. The molecule has 152 valence electrons. The summed E-state index contributed by atoms with van der Waals surface area (Å²) in [5.41, 5.74) is 0. The summed E-state index contributed by atoms with van der Waals surface area (Å²) in [6.07, 6.45) is 14.6. The third-order valence-corrected chi connectivity index (χ3v) is 7.04. The quantitative estimate of drug-likeness (QED) is 0.197. The highest BCUT2D eigenvalue weighted by Crippen LogP contribution is 2.18. The number of hydrogen-bond acceptors (Lipinski definition) is 4. The number of unbranched alkanes of at least 4 members (excludes halogenated alkanes) is 10. The molecule has 9 heteroatoms. The molecule has 0 amide bonds. The minimum absolute atomic E-state index is 0.116. The van der Waals surface area contributed by atoms with Crippen molar-refractivity contribution in [2.75, 3.05) is 23.8 Å². The van der Waals surface area contributed by atoms with Gasteiger partial charge in [0.15, 0.2) is 0 Å². The van der Waals surface area contributed by atoms with E-state index in [1.807, 2.05) is 0 Å². The molecule has 0 aromatic rings. The van der Waals surface area contributed by atoms with Crippen LogP contribution in [-0.4, -0.2) is 49.8 Å². The smallest absolute Gasteiger partial charge is 0.264 e. The lowest BCUT2D eigenvalue weighted by molar-refractivity contribution is 0.476. The van der Waals surface area contributed by atoms with E-state index >= 15 is 0 Å². The molecule has 0 aromatic carbocycles. The van der Waals surface area contributed by atoms with Crippen LogP contribution in [0.2, 0.25) is 0 Å². The first kappa shape index (κ1) is 25.2. The van der Waals surface area contributed by atoms with Gasteiger partial charge in [0.05, 0.1) is 11.5 Å². The van der Waals surface area contributed by atoms with Crippen LogP contribution >= 0.6 is 8.58 Å². The van der Waals surface area contributed by atoms with Gasteiger partial charge in [-0.1, -0.05) is 51.4 Å². The van der Waals surface area contributed by atoms with Crippen LogP contribution in [0.3, 0.4) is 0 Å². The largest absolute Gasteiger partial charge is 0.286 e. The van der Waals surface area contributed by atoms with Crippen molar-refractivity contribution in [3.63, 3.8) is 0 Å². The van der Waals surface area contributed by atoms with Gasteiger partial charge >= 0.3 is 0 Å². The molecule has 0 aliphatic carbocycles. The van der Waals surface area contributed by atoms with Crippen LogP contribution in [0.5, 0.6) is 0 Å². The van der Waals surface area contributed by atoms with E-state index < -0.39 is 20.2 Å². The summed E-state index contributed by atoms with van der Waals surface area (Å²) in [4.78, 5) is 0. The van der Waals surface area contributed by atoms with Crippen molar-refractivity contribution >= 4 is 28.8 Å². The van der Waals surface area contributed by atoms with E-state index in [-0.39, 0.29) is 11.5 Å². The molecular formula is C16H35O6PS2. The van der Waals surface area contributed by atoms with Crippen molar-refractivity contribution in [3.05, 3.63) is 0 Å². The summed E-state index contributed by atoms with van der Waals surface area (Å²) < 4.78 is 59.4. The van der Waals surface area contributed by atoms with Gasteiger partial charge in [0.2, 0.25) is 0 Å². The highest BCUT2D eigenvalue weighted by molar-refractivity contribution is 7.86. The van der Waals surface area contributed by atoms with Crippen molar-refractivity contribution in [1.82, 2.24) is 0 Å². The second-order valence-corrected chi connectivity index (χ2v) is 11.2. The zero-order chi connectivity index (χ0) is 19.0. The predicted molar refractivity (Wildman–Crippen MR) is 106 cm³/mol. The van der Waals surface area contributed by atoms with E-state index in [9.17, 15) is 16.8 Å². The first-order valence-corrected chi connectivity index (χ1v) is 13.9. The maximum Gasteiger partial charge on any atom is 0.264 e. The van der Waals surface area contributed by atoms with Gasteiger partial charge in [0.25, 0.3) is 20.2 Å². The van der Waals surface area contributed by atoms with Crippen molar-refractivity contribution in [1.29, 1.82) is 0 Å². The molecule has 0 aliphatic heterocycles. The first-order chi connectivity index (χ1) is 11.7. The van der Waals surface area contributed by atoms with Gasteiger partial charge in [-0.15, -0.1) is 8.58 Å². The van der Waals surface area contributed by atoms with Crippen LogP contribution in [0.1, 0.15) is 77.0 Å². The van der Waals surface area contributed by atoms with Crippen LogP contribution < -0.4 is 0 Å². The highest BCUT2D eigenvalue weighted by atomic mass is 32.2. The van der Waals surface area contributed by atoms with Crippen LogP contribution in [0.4, 0.5) is 0 Å². The summed E-state index contributed by atoms with van der Waals surface area (Å²) >= 11 is 0. The second-order valence-electron chi connectivity index (χ2n) is 6.56. The molecular weight excluding hydrogens is 383 g/mol. The SMILES string of the molecule is O=S(=O)(O)CCCCCCCCPCCCCCCCCS(=O)(=O)O. The molecule has 0 saturated heterocycles. The molecule has 25 heavy (non-hydrogen) atoms. The van der Waals surface area contributed by atoms with Crippen LogP contribution in [0.15, 0.2) is 0 Å². The minimum atomic E-state index is -3.78. The zero-order valence-electron chi connectivity index (χ0n) is 15.2. The maximum absolute atomic E-state index is 10.5. The Labute approximate surface area is 155 Å². The fourth-order valence-corrected chi connectivity index (χ4v) is 5.00. The Balaban J connectivity index is 3.12. The number of hydrogen-bond donors (Lipinski definition) is 2. The van der Waals surface area contributed by atoms with E-state index in [2.05, 4.69) is 0 Å². The van der Waals surface area contributed by atoms with E-state index in [1.165, 1.54) is 38.0 Å². The topological polar surface area (TPSA) is 109 Å². The Morgan fingerprint density at radius 2 is 0.760 bits per heavy atom. The van der Waals surface area contributed by atoms with Crippen molar-refractivity contribution in [2.24, 2.45) is 0 Å². The van der Waals surface area contributed by atoms with Gasteiger partial charge in [0.1, 0.15) is 0 Å². The van der Waals surface area contributed by atoms with E-state index in [0.717, 1.165) is 47.1 Å². The Morgan fingerprint density at radius 3 is 1.08 bits per heavy atom. The van der Waals surface area contributed by atoms with E-state index in [4.69, 9.17) is 9.11 Å². The van der Waals surface area contributed by atoms with Gasteiger partial charge < -0.3 is 0 Å². The summed E-state index contributed by atoms with van der Waals surface area (Å²) in [7, 11) is -6.55. The molecule has 0 fully saturated rings. The van der Waals surface area contributed by atoms with Gasteiger partial charge in [-0.25, -0.2) is 0 Å². The molecule has 0 aromatic heterocycles. The highest BCUT2D eigenvalue weighted by Gasteiger charge is 2.03. The lowest BCUT2D eigenvalue weighted by Gasteiger charge is -2.03. The Kier molecular flexibility index (Phi) is 15.5. The van der Waals surface area contributed by atoms with Crippen LogP contribution in [0.25, 0.3) is 0 Å². The summed E-state index contributed by atoms with van der Waals surface area (Å²) in [6.45, 7) is 0. The zero-order valence-corrected chi connectivity index (χ0v) is 17.8. The predicted octanol–water partition coefficient (Wildman–Crippen LogP) is 4.12. The third kappa shape index (κ3) is 24.2. The molecule has 0 spiro atoms. The molecule has 0 bridgehead atoms. The van der Waals surface area contributed by atoms with Gasteiger partial charge in [-0.05, 0) is 38.0 Å². The lowest BCUT2D eigenvalue weighted by atomic mass is 10.1. The molecule has 0 radical (unpaired) electrons. The fraction of sp³-hybridized carbons (Fsp3) is 1.00. The molecule has 0 atom stereocenters. The molecule has 2 N–H and O–H groups in total. The monoisotopic (exact) mass is 418 g/mol. The van der Waals surface area contributed by atoms with Crippen LogP contribution in [-0.2, 0) is 20.2 Å². The summed E-state index contributed by atoms with van der Waals surface area (Å²) in [5, 5.41) is 0. The van der Waals surface area contributed by atoms with Gasteiger partial charge in [-0.2, -0.15) is 16.8 Å². The molecule has 0 unspecified atom stereocenters. The number of rotatable bonds is 18. The standard InChI is InChI=1S/C16H35O6PS2/c17-24(18,19)15-11-7-3-1-5-9-13-23-14-10-6-2-4-8-12-16-25(20,21)22/h23H,1-16H2,(H,17,18,19)(H,20,21,22). The van der Waals surface area contributed by atoms with Gasteiger partial charge in [0, 0.05) is 0 Å². The third-order valence-electron chi connectivity index (χ3n) is 4.01.